The fourth-order valence-electron chi connectivity index (χ4n) is 3.58. The molecule has 2 aromatic rings. The van der Waals surface area contributed by atoms with Crippen molar-refractivity contribution in [2.45, 2.75) is 67.2 Å². The highest BCUT2D eigenvalue weighted by Crippen LogP contribution is 2.22. The van der Waals surface area contributed by atoms with E-state index in [1.165, 1.54) is 12.4 Å². The summed E-state index contributed by atoms with van der Waals surface area (Å²) in [7, 11) is 1.58. The molecule has 2 aromatic heterocycles. The van der Waals surface area contributed by atoms with Gasteiger partial charge in [-0.05, 0) is 44.7 Å². The van der Waals surface area contributed by atoms with Gasteiger partial charge in [0.25, 0.3) is 5.91 Å². The summed E-state index contributed by atoms with van der Waals surface area (Å²) >= 11 is 0. The van der Waals surface area contributed by atoms with Gasteiger partial charge >= 0.3 is 6.03 Å². The number of amides is 3. The molecule has 0 bridgehead atoms. The number of anilines is 1. The van der Waals surface area contributed by atoms with Crippen LogP contribution in [0.2, 0.25) is 0 Å². The van der Waals surface area contributed by atoms with Crippen LogP contribution in [-0.4, -0.2) is 58.3 Å². The molecule has 0 saturated carbocycles. The maximum atomic E-state index is 14.1. The number of nitrogens with two attached hydrogens (primary N) is 1. The maximum absolute atomic E-state index is 14.1. The average molecular weight is 619 g/mol. The highest BCUT2D eigenvalue weighted by atomic mass is 19.1. The Kier molecular flexibility index (Phi) is 19.7. The van der Waals surface area contributed by atoms with Crippen LogP contribution in [0, 0.1) is 10.1 Å². The monoisotopic (exact) mass is 618 g/mol. The summed E-state index contributed by atoms with van der Waals surface area (Å²) in [5, 5.41) is 22.4. The Labute approximate surface area is 258 Å². The van der Waals surface area contributed by atoms with Crippen LogP contribution < -0.4 is 21.7 Å². The number of allylic oxidation sites excluding steroid dienone is 5. The molecule has 0 aliphatic heterocycles. The lowest BCUT2D eigenvalue weighted by molar-refractivity contribution is -0.471. The number of urea groups is 1. The number of halogens is 1. The fourth-order valence-corrected chi connectivity index (χ4v) is 3.58. The van der Waals surface area contributed by atoms with Crippen molar-refractivity contribution in [2.75, 3.05) is 32.5 Å². The fraction of sp³-hybridized carbons (Fsp3) is 0.467. The SMILES string of the molecule is C/C=C(\C)NC(=O)NC(/C=C(\CC)C[N+](=O)[O-])=C(\F)CCC.C=CCc1c(C(=O)NCCOC)cn2ncnc(N)c12.CC. The van der Waals surface area contributed by atoms with Crippen molar-refractivity contribution in [3.63, 3.8) is 0 Å². The smallest absolute Gasteiger partial charge is 0.323 e. The molecule has 14 heteroatoms. The Morgan fingerprint density at radius 1 is 1.27 bits per heavy atom. The second-order valence-corrected chi connectivity index (χ2v) is 8.97. The molecule has 244 valence electrons. The lowest BCUT2D eigenvalue weighted by Gasteiger charge is -2.11. The third kappa shape index (κ3) is 13.6. The molecule has 3 amide bonds. The van der Waals surface area contributed by atoms with Crippen molar-refractivity contribution in [2.24, 2.45) is 0 Å². The normalized spacial score (nSPS) is 11.7. The van der Waals surface area contributed by atoms with E-state index < -0.39 is 16.8 Å². The summed E-state index contributed by atoms with van der Waals surface area (Å²) in [6.45, 7) is 15.2. The van der Waals surface area contributed by atoms with Gasteiger partial charge in [0.05, 0.1) is 17.9 Å². The first-order chi connectivity index (χ1) is 21.0. The molecule has 2 rings (SSSR count). The lowest BCUT2D eigenvalue weighted by Crippen LogP contribution is -2.34. The number of hydrogen-bond acceptors (Lipinski definition) is 8. The molecule has 0 atom stereocenters. The van der Waals surface area contributed by atoms with Gasteiger partial charge in [0, 0.05) is 42.5 Å². The number of methoxy groups -OCH3 is 1. The Morgan fingerprint density at radius 3 is 2.50 bits per heavy atom. The van der Waals surface area contributed by atoms with E-state index in [-0.39, 0.29) is 24.6 Å². The molecule has 0 aliphatic rings. The second-order valence-electron chi connectivity index (χ2n) is 8.97. The summed E-state index contributed by atoms with van der Waals surface area (Å²) < 4.78 is 20.6. The van der Waals surface area contributed by atoms with Crippen LogP contribution in [0.4, 0.5) is 15.0 Å². The highest BCUT2D eigenvalue weighted by Gasteiger charge is 2.18. The summed E-state index contributed by atoms with van der Waals surface area (Å²) in [5.74, 6) is -0.346. The predicted molar refractivity (Wildman–Crippen MR) is 171 cm³/mol. The van der Waals surface area contributed by atoms with Gasteiger partial charge < -0.3 is 26.4 Å². The average Bonchev–Trinajstić information content (AvgIpc) is 3.37. The van der Waals surface area contributed by atoms with Gasteiger partial charge in [-0.2, -0.15) is 5.10 Å². The van der Waals surface area contributed by atoms with Crippen LogP contribution in [0.15, 0.2) is 60.1 Å². The first-order valence-corrected chi connectivity index (χ1v) is 14.4. The first kappa shape index (κ1) is 39.4. The quantitative estimate of drug-likeness (QED) is 0.0729. The van der Waals surface area contributed by atoms with Crippen molar-refractivity contribution in [1.82, 2.24) is 30.5 Å². The number of carbonyl (C=O) groups excluding carboxylic acids is 2. The van der Waals surface area contributed by atoms with Crippen LogP contribution in [0.1, 0.15) is 76.7 Å². The van der Waals surface area contributed by atoms with Gasteiger partial charge in [-0.3, -0.25) is 14.9 Å². The Bertz CT molecular complexity index is 1330. The number of nitrogens with one attached hydrogen (secondary N) is 3. The van der Waals surface area contributed by atoms with Crippen molar-refractivity contribution in [3.05, 3.63) is 81.4 Å². The Hall–Kier alpha value is -4.59. The minimum atomic E-state index is -0.579. The summed E-state index contributed by atoms with van der Waals surface area (Å²) in [6, 6.07) is -0.579. The molecule has 44 heavy (non-hydrogen) atoms. The summed E-state index contributed by atoms with van der Waals surface area (Å²) in [6.07, 6.45) is 9.40. The first-order valence-electron chi connectivity index (χ1n) is 14.4. The van der Waals surface area contributed by atoms with Gasteiger partial charge in [0.2, 0.25) is 6.54 Å². The van der Waals surface area contributed by atoms with Crippen molar-refractivity contribution >= 4 is 23.3 Å². The molecule has 0 unspecified atom stereocenters. The molecule has 0 aliphatic carbocycles. The van der Waals surface area contributed by atoms with E-state index in [0.717, 1.165) is 5.56 Å². The number of nitrogen functional groups attached to an aromatic ring is 1. The van der Waals surface area contributed by atoms with Crippen LogP contribution in [-0.2, 0) is 11.2 Å². The van der Waals surface area contributed by atoms with E-state index in [2.05, 4.69) is 32.6 Å². The highest BCUT2D eigenvalue weighted by molar-refractivity contribution is 5.99. The van der Waals surface area contributed by atoms with Crippen LogP contribution in [0.3, 0.4) is 0 Å². The van der Waals surface area contributed by atoms with Crippen molar-refractivity contribution in [1.29, 1.82) is 0 Å². The third-order valence-electron chi connectivity index (χ3n) is 5.78. The molecule has 0 radical (unpaired) electrons. The van der Waals surface area contributed by atoms with Gasteiger partial charge in [-0.25, -0.2) is 18.7 Å². The predicted octanol–water partition coefficient (Wildman–Crippen LogP) is 5.25. The number of ether oxygens (including phenoxy) is 1. The largest absolute Gasteiger partial charge is 0.383 e. The number of rotatable bonds is 14. The van der Waals surface area contributed by atoms with Gasteiger partial charge in [-0.1, -0.05) is 39.8 Å². The van der Waals surface area contributed by atoms with E-state index in [1.807, 2.05) is 20.8 Å². The van der Waals surface area contributed by atoms with Gasteiger partial charge in [-0.15, -0.1) is 6.58 Å². The molecule has 0 fully saturated rings. The van der Waals surface area contributed by atoms with E-state index in [4.69, 9.17) is 10.5 Å². The molecule has 0 aromatic carbocycles. The minimum Gasteiger partial charge on any atom is -0.383 e. The topological polar surface area (TPSA) is 179 Å². The van der Waals surface area contributed by atoms with Crippen LogP contribution in [0.25, 0.3) is 5.52 Å². The van der Waals surface area contributed by atoms with Crippen LogP contribution in [0.5, 0.6) is 0 Å². The summed E-state index contributed by atoms with van der Waals surface area (Å²) in [4.78, 5) is 38.1. The van der Waals surface area contributed by atoms with E-state index in [9.17, 15) is 24.1 Å². The van der Waals surface area contributed by atoms with Crippen molar-refractivity contribution in [3.8, 4) is 0 Å². The Morgan fingerprint density at radius 2 is 1.95 bits per heavy atom. The zero-order chi connectivity index (χ0) is 33.7. The third-order valence-corrected chi connectivity index (χ3v) is 5.78. The molecule has 0 spiro atoms. The summed E-state index contributed by atoms with van der Waals surface area (Å²) in [5.41, 5.74) is 8.84. The molecule has 2 heterocycles. The zero-order valence-corrected chi connectivity index (χ0v) is 26.8. The molecule has 13 nitrogen and oxygen atoms in total. The molecular formula is C30H47FN8O5. The van der Waals surface area contributed by atoms with Crippen molar-refractivity contribution < 1.29 is 23.6 Å². The maximum Gasteiger partial charge on any atom is 0.323 e. The Balaban J connectivity index is 0.000000797. The number of nitro groups is 1. The standard InChI is InChI=1S/C15H24FN3O3.C13H17N5O2.C2H6/c1-5-8-13(16)14(9-12(7-3)10-19(21)22)18-15(20)17-11(4)6-2;1-3-4-9-10(13(19)15-5-6-20-2)7-18-11(9)12(14)16-8-17-18;1-2/h6,9H,5,7-8,10H2,1-4H3,(H2,17,18,20);3,7-8H,1,4-6H2,2H3,(H,15,19)(H2,14,16,17);1-2H3/b11-6+,12-9+,14-13-;;. The second kappa shape index (κ2) is 22.0. The van der Waals surface area contributed by atoms with Crippen LogP contribution >= 0.6 is 0 Å². The number of fused-ring (bicyclic) bond motifs is 1. The molecule has 0 saturated heterocycles. The molecular weight excluding hydrogens is 571 g/mol. The van der Waals surface area contributed by atoms with E-state index >= 15 is 0 Å². The van der Waals surface area contributed by atoms with Gasteiger partial charge in [0.1, 0.15) is 17.7 Å². The molecule has 5 N–H and O–H groups in total. The zero-order valence-electron chi connectivity index (χ0n) is 26.8. The van der Waals surface area contributed by atoms with E-state index in [1.54, 1.807) is 50.7 Å². The number of hydrogen-bond donors (Lipinski definition) is 4. The number of nitrogens with zero attached hydrogens (tertiary/aromatic N) is 4. The number of carbonyl (C=O) groups is 2. The van der Waals surface area contributed by atoms with Gasteiger partial charge in [0.15, 0.2) is 5.82 Å². The lowest BCUT2D eigenvalue weighted by atomic mass is 10.1. The minimum absolute atomic E-state index is 0.0260. The number of aromatic nitrogens is 3. The van der Waals surface area contributed by atoms with E-state index in [0.29, 0.717) is 60.6 Å².